The molecule has 2 heterocycles. The van der Waals surface area contributed by atoms with Crippen LogP contribution in [0.3, 0.4) is 0 Å². The monoisotopic (exact) mass is 558 g/mol. The Kier molecular flexibility index (Phi) is 4.75. The molecular formula is C42H26N2. The third-order valence-electron chi connectivity index (χ3n) is 9.43. The molecule has 0 N–H and O–H groups in total. The molecule has 0 saturated carbocycles. The second-order valence-corrected chi connectivity index (χ2v) is 11.7. The molecule has 204 valence electrons. The molecule has 0 saturated heterocycles. The van der Waals surface area contributed by atoms with E-state index < -0.39 is 0 Å². The fourth-order valence-electron chi connectivity index (χ4n) is 7.63. The number of para-hydroxylation sites is 2. The van der Waals surface area contributed by atoms with Gasteiger partial charge in [0.2, 0.25) is 0 Å². The minimum atomic E-state index is 1.17. The van der Waals surface area contributed by atoms with Gasteiger partial charge in [0.15, 0.2) is 0 Å². The summed E-state index contributed by atoms with van der Waals surface area (Å²) in [6.45, 7) is 0. The number of benzene rings is 8. The van der Waals surface area contributed by atoms with Crippen LogP contribution in [0.4, 0.5) is 0 Å². The van der Waals surface area contributed by atoms with E-state index >= 15 is 0 Å². The summed E-state index contributed by atoms with van der Waals surface area (Å²) in [5, 5.41) is 12.7. The zero-order valence-corrected chi connectivity index (χ0v) is 23.9. The standard InChI is InChI=1S/C42H26N2/c1-2-15-30(16-3-1)43-37-25-23-28-13-6-7-17-32(28)38(37)40-39-35-20-10-11-21-36(35)44(31-24-22-27-12-4-5-14-29(27)26-31)41(39)33-18-8-9-19-34(33)42(40)43/h1-26H. The van der Waals surface area contributed by atoms with E-state index in [1.54, 1.807) is 0 Å². The molecule has 44 heavy (non-hydrogen) atoms. The number of hydrogen-bond donors (Lipinski definition) is 0. The lowest BCUT2D eigenvalue weighted by molar-refractivity contribution is 1.18. The van der Waals surface area contributed by atoms with Crippen LogP contribution in [0.15, 0.2) is 158 Å². The molecule has 0 atom stereocenters. The van der Waals surface area contributed by atoms with Crippen LogP contribution in [0.1, 0.15) is 0 Å². The van der Waals surface area contributed by atoms with Crippen molar-refractivity contribution in [3.05, 3.63) is 158 Å². The first-order valence-corrected chi connectivity index (χ1v) is 15.2. The van der Waals surface area contributed by atoms with E-state index in [-0.39, 0.29) is 0 Å². The highest BCUT2D eigenvalue weighted by Crippen LogP contribution is 2.48. The summed E-state index contributed by atoms with van der Waals surface area (Å²) in [6, 6.07) is 57.6. The molecule has 2 aromatic heterocycles. The minimum absolute atomic E-state index is 1.17. The van der Waals surface area contributed by atoms with Crippen molar-refractivity contribution >= 4 is 75.9 Å². The fraction of sp³-hybridized carbons (Fsp3) is 0. The van der Waals surface area contributed by atoms with Crippen LogP contribution in [0.5, 0.6) is 0 Å². The van der Waals surface area contributed by atoms with Crippen LogP contribution in [-0.2, 0) is 0 Å². The van der Waals surface area contributed by atoms with Crippen LogP contribution in [0.25, 0.3) is 87.3 Å². The number of fused-ring (bicyclic) bond motifs is 13. The van der Waals surface area contributed by atoms with Gasteiger partial charge in [-0.3, -0.25) is 0 Å². The Labute approximate surface area is 253 Å². The molecule has 0 unspecified atom stereocenters. The Morgan fingerprint density at radius 2 is 0.864 bits per heavy atom. The van der Waals surface area contributed by atoms with Gasteiger partial charge >= 0.3 is 0 Å². The highest BCUT2D eigenvalue weighted by molar-refractivity contribution is 6.40. The minimum Gasteiger partial charge on any atom is -0.309 e. The predicted octanol–water partition coefficient (Wildman–Crippen LogP) is 11.3. The van der Waals surface area contributed by atoms with Crippen LogP contribution in [0.2, 0.25) is 0 Å². The summed E-state index contributed by atoms with van der Waals surface area (Å²) in [5.74, 6) is 0. The molecule has 0 aliphatic carbocycles. The third-order valence-corrected chi connectivity index (χ3v) is 9.43. The van der Waals surface area contributed by atoms with Gasteiger partial charge < -0.3 is 9.13 Å². The van der Waals surface area contributed by atoms with Crippen molar-refractivity contribution in [2.45, 2.75) is 0 Å². The molecule has 2 heteroatoms. The lowest BCUT2D eigenvalue weighted by Gasteiger charge is -2.13. The molecule has 10 rings (SSSR count). The smallest absolute Gasteiger partial charge is 0.0627 e. The van der Waals surface area contributed by atoms with E-state index in [9.17, 15) is 0 Å². The van der Waals surface area contributed by atoms with Crippen molar-refractivity contribution in [3.8, 4) is 11.4 Å². The highest BCUT2D eigenvalue weighted by Gasteiger charge is 2.25. The summed E-state index contributed by atoms with van der Waals surface area (Å²) in [4.78, 5) is 0. The van der Waals surface area contributed by atoms with Gasteiger partial charge in [0.1, 0.15) is 0 Å². The van der Waals surface area contributed by atoms with Crippen molar-refractivity contribution in [2.75, 3.05) is 0 Å². The van der Waals surface area contributed by atoms with Crippen molar-refractivity contribution in [3.63, 3.8) is 0 Å². The van der Waals surface area contributed by atoms with Crippen LogP contribution >= 0.6 is 0 Å². The van der Waals surface area contributed by atoms with Crippen molar-refractivity contribution in [1.29, 1.82) is 0 Å². The van der Waals surface area contributed by atoms with Crippen molar-refractivity contribution < 1.29 is 0 Å². The third kappa shape index (κ3) is 3.09. The maximum absolute atomic E-state index is 2.50. The summed E-state index contributed by atoms with van der Waals surface area (Å²) in [6.07, 6.45) is 0. The van der Waals surface area contributed by atoms with E-state index in [4.69, 9.17) is 0 Å². The second kappa shape index (κ2) is 8.82. The molecule has 0 aliphatic heterocycles. The molecule has 10 aromatic rings. The van der Waals surface area contributed by atoms with Gasteiger partial charge in [0.05, 0.1) is 22.1 Å². The molecule has 2 nitrogen and oxygen atoms in total. The molecule has 8 aromatic carbocycles. The quantitative estimate of drug-likeness (QED) is 0.200. The number of nitrogens with zero attached hydrogens (tertiary/aromatic N) is 2. The highest BCUT2D eigenvalue weighted by atomic mass is 15.0. The predicted molar refractivity (Wildman–Crippen MR) is 188 cm³/mol. The first-order chi connectivity index (χ1) is 21.9. The van der Waals surface area contributed by atoms with Gasteiger partial charge in [0, 0.05) is 43.7 Å². The van der Waals surface area contributed by atoms with Gasteiger partial charge in [0.25, 0.3) is 0 Å². The first kappa shape index (κ1) is 23.7. The normalized spacial score (nSPS) is 12.1. The van der Waals surface area contributed by atoms with E-state index in [1.807, 2.05) is 0 Å². The zero-order chi connectivity index (χ0) is 28.8. The first-order valence-electron chi connectivity index (χ1n) is 15.2. The number of rotatable bonds is 2. The van der Waals surface area contributed by atoms with Crippen molar-refractivity contribution in [2.24, 2.45) is 0 Å². The van der Waals surface area contributed by atoms with Gasteiger partial charge in [-0.15, -0.1) is 0 Å². The van der Waals surface area contributed by atoms with E-state index in [2.05, 4.69) is 167 Å². The Morgan fingerprint density at radius 1 is 0.295 bits per heavy atom. The van der Waals surface area contributed by atoms with E-state index in [0.717, 1.165) is 0 Å². The Balaban J connectivity index is 1.54. The molecule has 0 amide bonds. The van der Waals surface area contributed by atoms with Gasteiger partial charge in [-0.2, -0.15) is 0 Å². The van der Waals surface area contributed by atoms with E-state index in [1.165, 1.54) is 87.3 Å². The molecule has 0 radical (unpaired) electrons. The summed E-state index contributed by atoms with van der Waals surface area (Å²) >= 11 is 0. The lowest BCUT2D eigenvalue weighted by atomic mass is 9.97. The second-order valence-electron chi connectivity index (χ2n) is 11.7. The number of aromatic nitrogens is 2. The van der Waals surface area contributed by atoms with Crippen molar-refractivity contribution in [1.82, 2.24) is 9.13 Å². The van der Waals surface area contributed by atoms with Gasteiger partial charge in [-0.05, 0) is 57.9 Å². The Bertz CT molecular complexity index is 2760. The zero-order valence-electron chi connectivity index (χ0n) is 23.9. The molecule has 0 fully saturated rings. The topological polar surface area (TPSA) is 9.86 Å². The largest absolute Gasteiger partial charge is 0.309 e. The molecular weight excluding hydrogens is 532 g/mol. The van der Waals surface area contributed by atoms with Gasteiger partial charge in [-0.25, -0.2) is 0 Å². The fourth-order valence-corrected chi connectivity index (χ4v) is 7.63. The molecule has 0 aliphatic rings. The van der Waals surface area contributed by atoms with Gasteiger partial charge in [-0.1, -0.05) is 121 Å². The maximum Gasteiger partial charge on any atom is 0.0627 e. The Morgan fingerprint density at radius 3 is 1.66 bits per heavy atom. The Hall–Kier alpha value is -5.86. The van der Waals surface area contributed by atoms with Crippen LogP contribution in [0, 0.1) is 0 Å². The van der Waals surface area contributed by atoms with E-state index in [0.29, 0.717) is 0 Å². The number of hydrogen-bond acceptors (Lipinski definition) is 0. The molecule has 0 bridgehead atoms. The van der Waals surface area contributed by atoms with Crippen LogP contribution < -0.4 is 0 Å². The lowest BCUT2D eigenvalue weighted by Crippen LogP contribution is -1.96. The SMILES string of the molecule is c1ccc(-n2c3ccc4ccccc4c3c3c4c5ccccc5n(-c5ccc6ccccc6c5)c4c4ccccc4c32)cc1. The average Bonchev–Trinajstić information content (AvgIpc) is 3.63. The summed E-state index contributed by atoms with van der Waals surface area (Å²) in [7, 11) is 0. The molecule has 0 spiro atoms. The van der Waals surface area contributed by atoms with Crippen LogP contribution in [-0.4, -0.2) is 9.13 Å². The average molecular weight is 559 g/mol. The summed E-state index contributed by atoms with van der Waals surface area (Å²) < 4.78 is 4.98. The maximum atomic E-state index is 2.50. The summed E-state index contributed by atoms with van der Waals surface area (Å²) in [5.41, 5.74) is 7.31.